The Bertz CT molecular complexity index is 570. The lowest BCUT2D eigenvalue weighted by molar-refractivity contribution is 0.256. The standard InChI is InChI=1S/C18H20FNS/c1-20-12-11-18(21-16-9-7-15(19)8-10-16)17(13-20)14-5-3-2-4-6-14/h2-10,17-18H,11-13H2,1H3/t17-,18-/m1/s1. The predicted molar refractivity (Wildman–Crippen MR) is 87.3 cm³/mol. The second-order valence-electron chi connectivity index (χ2n) is 5.68. The molecule has 3 rings (SSSR count). The molecule has 0 N–H and O–H groups in total. The van der Waals surface area contributed by atoms with Crippen LogP contribution in [0.15, 0.2) is 59.5 Å². The normalized spacial score (nSPS) is 23.1. The SMILES string of the molecule is CN1CC[C@@H](Sc2ccc(F)cc2)[C@@H](c2ccccc2)C1. The number of likely N-dealkylation sites (N-methyl/N-ethyl adjacent to an activating group) is 1. The molecule has 0 aliphatic carbocycles. The molecule has 1 nitrogen and oxygen atoms in total. The number of piperidine rings is 1. The average Bonchev–Trinajstić information content (AvgIpc) is 2.52. The van der Waals surface area contributed by atoms with Crippen molar-refractivity contribution in [3.05, 3.63) is 66.0 Å². The molecule has 0 aromatic heterocycles. The molecule has 1 aliphatic heterocycles. The topological polar surface area (TPSA) is 3.24 Å². The van der Waals surface area contributed by atoms with Crippen LogP contribution in [0.4, 0.5) is 4.39 Å². The molecule has 110 valence electrons. The third-order valence-corrected chi connectivity index (χ3v) is 5.49. The summed E-state index contributed by atoms with van der Waals surface area (Å²) in [4.78, 5) is 3.56. The number of benzene rings is 2. The second-order valence-corrected chi connectivity index (χ2v) is 6.99. The predicted octanol–water partition coefficient (Wildman–Crippen LogP) is 4.41. The van der Waals surface area contributed by atoms with Gasteiger partial charge in [-0.2, -0.15) is 0 Å². The van der Waals surface area contributed by atoms with E-state index >= 15 is 0 Å². The van der Waals surface area contributed by atoms with E-state index in [1.165, 1.54) is 5.56 Å². The Morgan fingerprint density at radius 3 is 2.48 bits per heavy atom. The first-order valence-electron chi connectivity index (χ1n) is 7.38. The van der Waals surface area contributed by atoms with E-state index in [4.69, 9.17) is 0 Å². The summed E-state index contributed by atoms with van der Waals surface area (Å²) in [6, 6.07) is 17.6. The van der Waals surface area contributed by atoms with Crippen molar-refractivity contribution >= 4 is 11.8 Å². The number of thioether (sulfide) groups is 1. The van der Waals surface area contributed by atoms with Gasteiger partial charge in [0.05, 0.1) is 0 Å². The first-order valence-corrected chi connectivity index (χ1v) is 8.26. The first-order chi connectivity index (χ1) is 10.2. The summed E-state index contributed by atoms with van der Waals surface area (Å²) in [6.07, 6.45) is 1.16. The molecule has 1 fully saturated rings. The summed E-state index contributed by atoms with van der Waals surface area (Å²) < 4.78 is 13.0. The molecule has 2 aromatic rings. The van der Waals surface area contributed by atoms with Crippen molar-refractivity contribution in [2.45, 2.75) is 22.5 Å². The van der Waals surface area contributed by atoms with Gasteiger partial charge in [-0.15, -0.1) is 11.8 Å². The van der Waals surface area contributed by atoms with Crippen LogP contribution < -0.4 is 0 Å². The van der Waals surface area contributed by atoms with E-state index in [2.05, 4.69) is 42.3 Å². The van der Waals surface area contributed by atoms with E-state index < -0.39 is 0 Å². The van der Waals surface area contributed by atoms with Gasteiger partial charge in [-0.1, -0.05) is 30.3 Å². The number of halogens is 1. The molecule has 0 radical (unpaired) electrons. The highest BCUT2D eigenvalue weighted by Crippen LogP contribution is 2.38. The van der Waals surface area contributed by atoms with Gasteiger partial charge >= 0.3 is 0 Å². The number of nitrogens with zero attached hydrogens (tertiary/aromatic N) is 1. The number of hydrogen-bond donors (Lipinski definition) is 0. The van der Waals surface area contributed by atoms with Crippen molar-refractivity contribution in [2.75, 3.05) is 20.1 Å². The van der Waals surface area contributed by atoms with Crippen LogP contribution >= 0.6 is 11.8 Å². The molecule has 3 heteroatoms. The fraction of sp³-hybridized carbons (Fsp3) is 0.333. The van der Waals surface area contributed by atoms with Crippen LogP contribution in [0, 0.1) is 5.82 Å². The van der Waals surface area contributed by atoms with Crippen LogP contribution in [0.5, 0.6) is 0 Å². The molecule has 0 spiro atoms. The largest absolute Gasteiger partial charge is 0.306 e. The van der Waals surface area contributed by atoms with Gasteiger partial charge in [0, 0.05) is 22.6 Å². The molecule has 0 saturated carbocycles. The lowest BCUT2D eigenvalue weighted by Gasteiger charge is -2.36. The molecular formula is C18H20FNS. The van der Waals surface area contributed by atoms with Gasteiger partial charge in [-0.25, -0.2) is 4.39 Å². The van der Waals surface area contributed by atoms with E-state index in [0.717, 1.165) is 24.4 Å². The Kier molecular flexibility index (Phi) is 4.61. The Morgan fingerprint density at radius 1 is 1.05 bits per heavy atom. The maximum atomic E-state index is 13.0. The van der Waals surface area contributed by atoms with Crippen LogP contribution in [-0.4, -0.2) is 30.3 Å². The number of likely N-dealkylation sites (tertiary alicyclic amines) is 1. The molecule has 2 atom stereocenters. The minimum absolute atomic E-state index is 0.165. The maximum Gasteiger partial charge on any atom is 0.123 e. The minimum atomic E-state index is -0.165. The zero-order chi connectivity index (χ0) is 14.7. The summed E-state index contributed by atoms with van der Waals surface area (Å²) in [6.45, 7) is 2.21. The fourth-order valence-corrected chi connectivity index (χ4v) is 4.22. The summed E-state index contributed by atoms with van der Waals surface area (Å²) in [5.41, 5.74) is 1.41. The van der Waals surface area contributed by atoms with E-state index in [1.54, 1.807) is 12.1 Å². The van der Waals surface area contributed by atoms with Crippen LogP contribution in [0.1, 0.15) is 17.9 Å². The summed E-state index contributed by atoms with van der Waals surface area (Å²) in [5.74, 6) is 0.363. The number of hydrogen-bond acceptors (Lipinski definition) is 2. The maximum absolute atomic E-state index is 13.0. The Labute approximate surface area is 130 Å². The van der Waals surface area contributed by atoms with Gasteiger partial charge < -0.3 is 4.90 Å². The van der Waals surface area contributed by atoms with Crippen molar-refractivity contribution in [2.24, 2.45) is 0 Å². The highest BCUT2D eigenvalue weighted by molar-refractivity contribution is 8.00. The van der Waals surface area contributed by atoms with Crippen LogP contribution in [0.3, 0.4) is 0 Å². The smallest absolute Gasteiger partial charge is 0.123 e. The lowest BCUT2D eigenvalue weighted by atomic mass is 9.90. The molecule has 1 saturated heterocycles. The molecule has 1 aliphatic rings. The third-order valence-electron chi connectivity index (χ3n) is 4.08. The van der Waals surface area contributed by atoms with Crippen molar-refractivity contribution in [1.82, 2.24) is 4.90 Å². The Morgan fingerprint density at radius 2 is 1.76 bits per heavy atom. The molecule has 0 unspecified atom stereocenters. The first kappa shape index (κ1) is 14.6. The van der Waals surface area contributed by atoms with Crippen molar-refractivity contribution in [3.8, 4) is 0 Å². The average molecular weight is 301 g/mol. The molecular weight excluding hydrogens is 281 g/mol. The minimum Gasteiger partial charge on any atom is -0.306 e. The van der Waals surface area contributed by atoms with Crippen LogP contribution in [0.25, 0.3) is 0 Å². The second kappa shape index (κ2) is 6.63. The molecule has 0 bridgehead atoms. The van der Waals surface area contributed by atoms with Crippen molar-refractivity contribution < 1.29 is 4.39 Å². The lowest BCUT2D eigenvalue weighted by Crippen LogP contribution is -2.38. The highest BCUT2D eigenvalue weighted by atomic mass is 32.2. The van der Waals surface area contributed by atoms with Gasteiger partial charge in [-0.05, 0) is 49.8 Å². The Balaban J connectivity index is 1.79. The van der Waals surface area contributed by atoms with Crippen LogP contribution in [0.2, 0.25) is 0 Å². The van der Waals surface area contributed by atoms with Crippen molar-refractivity contribution in [1.29, 1.82) is 0 Å². The Hall–Kier alpha value is -1.32. The summed E-state index contributed by atoms with van der Waals surface area (Å²) in [7, 11) is 2.19. The zero-order valence-electron chi connectivity index (χ0n) is 12.2. The van der Waals surface area contributed by atoms with Gasteiger partial charge in [0.15, 0.2) is 0 Å². The highest BCUT2D eigenvalue weighted by Gasteiger charge is 2.29. The van der Waals surface area contributed by atoms with E-state index in [9.17, 15) is 4.39 Å². The van der Waals surface area contributed by atoms with Gasteiger partial charge in [-0.3, -0.25) is 0 Å². The fourth-order valence-electron chi connectivity index (χ4n) is 2.94. The van der Waals surface area contributed by atoms with Gasteiger partial charge in [0.25, 0.3) is 0 Å². The monoisotopic (exact) mass is 301 g/mol. The van der Waals surface area contributed by atoms with Gasteiger partial charge in [0.1, 0.15) is 5.82 Å². The molecule has 1 heterocycles. The summed E-state index contributed by atoms with van der Waals surface area (Å²) >= 11 is 1.88. The quantitative estimate of drug-likeness (QED) is 0.826. The van der Waals surface area contributed by atoms with Crippen molar-refractivity contribution in [3.63, 3.8) is 0 Å². The molecule has 21 heavy (non-hydrogen) atoms. The number of rotatable bonds is 3. The third kappa shape index (κ3) is 3.66. The van der Waals surface area contributed by atoms with E-state index in [-0.39, 0.29) is 5.82 Å². The summed E-state index contributed by atoms with van der Waals surface area (Å²) in [5, 5.41) is 0.550. The van der Waals surface area contributed by atoms with Gasteiger partial charge in [0.2, 0.25) is 0 Å². The van der Waals surface area contributed by atoms with E-state index in [1.807, 2.05) is 23.9 Å². The van der Waals surface area contributed by atoms with E-state index in [0.29, 0.717) is 11.2 Å². The molecule has 2 aromatic carbocycles. The zero-order valence-corrected chi connectivity index (χ0v) is 13.0. The molecule has 0 amide bonds. The van der Waals surface area contributed by atoms with Crippen LogP contribution in [-0.2, 0) is 0 Å².